The molecule has 25 heavy (non-hydrogen) atoms. The lowest BCUT2D eigenvalue weighted by molar-refractivity contribution is 0.0686. The van der Waals surface area contributed by atoms with Crippen molar-refractivity contribution in [3.8, 4) is 5.75 Å². The number of amides is 2. The number of hydrogen-bond donors (Lipinski definition) is 1. The molecule has 2 aromatic rings. The summed E-state index contributed by atoms with van der Waals surface area (Å²) in [4.78, 5) is 27.3. The molecule has 3 rings (SSSR count). The van der Waals surface area contributed by atoms with Crippen molar-refractivity contribution >= 4 is 23.2 Å². The van der Waals surface area contributed by atoms with Gasteiger partial charge < -0.3 is 15.4 Å². The number of nitrogens with two attached hydrogens (primary N) is 1. The first-order valence-corrected chi connectivity index (χ1v) is 9.26. The second-order valence-electron chi connectivity index (χ2n) is 6.16. The Morgan fingerprint density at radius 1 is 1.08 bits per heavy atom. The molecule has 0 bridgehead atoms. The predicted octanol–water partition coefficient (Wildman–Crippen LogP) is 3.61. The quantitative estimate of drug-likeness (QED) is 0.907. The third kappa shape index (κ3) is 3.85. The van der Waals surface area contributed by atoms with Crippen molar-refractivity contribution in [1.82, 2.24) is 4.90 Å². The Bertz CT molecular complexity index is 754. The van der Waals surface area contributed by atoms with Crippen LogP contribution in [0.15, 0.2) is 36.4 Å². The Balaban J connectivity index is 1.88. The van der Waals surface area contributed by atoms with Gasteiger partial charge in [0, 0.05) is 6.54 Å². The molecular formula is C19H22N2O3S. The average molecular weight is 358 g/mol. The SMILES string of the molecule is COc1ccc([C@@H]2CCCCCN2C(=O)c2ccc(C(N)=O)s2)cc1. The zero-order chi connectivity index (χ0) is 17.8. The van der Waals surface area contributed by atoms with E-state index < -0.39 is 5.91 Å². The Kier molecular flexibility index (Phi) is 5.38. The first-order chi connectivity index (χ1) is 12.1. The van der Waals surface area contributed by atoms with E-state index in [9.17, 15) is 9.59 Å². The summed E-state index contributed by atoms with van der Waals surface area (Å²) in [6.07, 6.45) is 4.14. The molecule has 6 heteroatoms. The third-order valence-corrected chi connectivity index (χ3v) is 5.66. The number of carbonyl (C=O) groups is 2. The van der Waals surface area contributed by atoms with E-state index in [0.717, 1.165) is 43.5 Å². The number of thiophene rings is 1. The first kappa shape index (κ1) is 17.5. The number of methoxy groups -OCH3 is 1. The van der Waals surface area contributed by atoms with Crippen molar-refractivity contribution in [2.45, 2.75) is 31.7 Å². The van der Waals surface area contributed by atoms with E-state index in [1.54, 1.807) is 19.2 Å². The summed E-state index contributed by atoms with van der Waals surface area (Å²) in [6.45, 7) is 0.722. The third-order valence-electron chi connectivity index (χ3n) is 4.57. The summed E-state index contributed by atoms with van der Waals surface area (Å²) >= 11 is 1.17. The molecule has 1 saturated heterocycles. The smallest absolute Gasteiger partial charge is 0.264 e. The number of carbonyl (C=O) groups excluding carboxylic acids is 2. The molecule has 0 saturated carbocycles. The standard InChI is InChI=1S/C19H22N2O3S/c1-24-14-8-6-13(7-9-14)15-5-3-2-4-12-21(15)19(23)17-11-10-16(25-17)18(20)22/h6-11,15H,2-5,12H2,1H3,(H2,20,22)/t15-/m0/s1. The van der Waals surface area contributed by atoms with Crippen molar-refractivity contribution in [1.29, 1.82) is 0 Å². The summed E-state index contributed by atoms with van der Waals surface area (Å²) in [5.74, 6) is 0.284. The van der Waals surface area contributed by atoms with Crippen molar-refractivity contribution < 1.29 is 14.3 Å². The summed E-state index contributed by atoms with van der Waals surface area (Å²) < 4.78 is 5.23. The summed E-state index contributed by atoms with van der Waals surface area (Å²) in [5.41, 5.74) is 6.42. The molecule has 1 aliphatic heterocycles. The number of primary amides is 1. The Labute approximate surface area is 151 Å². The molecular weight excluding hydrogens is 336 g/mol. The first-order valence-electron chi connectivity index (χ1n) is 8.44. The van der Waals surface area contributed by atoms with Gasteiger partial charge in [-0.05, 0) is 42.7 Å². The Morgan fingerprint density at radius 3 is 2.44 bits per heavy atom. The van der Waals surface area contributed by atoms with Gasteiger partial charge in [0.1, 0.15) is 5.75 Å². The van der Waals surface area contributed by atoms with Gasteiger partial charge in [-0.15, -0.1) is 11.3 Å². The van der Waals surface area contributed by atoms with Gasteiger partial charge in [0.25, 0.3) is 11.8 Å². The highest BCUT2D eigenvalue weighted by atomic mass is 32.1. The zero-order valence-electron chi connectivity index (χ0n) is 14.2. The van der Waals surface area contributed by atoms with Crippen molar-refractivity contribution in [2.24, 2.45) is 5.73 Å². The molecule has 2 heterocycles. The van der Waals surface area contributed by atoms with Crippen molar-refractivity contribution in [3.63, 3.8) is 0 Å². The second kappa shape index (κ2) is 7.70. The van der Waals surface area contributed by atoms with Gasteiger partial charge >= 0.3 is 0 Å². The highest BCUT2D eigenvalue weighted by molar-refractivity contribution is 7.15. The predicted molar refractivity (Wildman–Crippen MR) is 98.1 cm³/mol. The topological polar surface area (TPSA) is 72.6 Å². The number of rotatable bonds is 4. The van der Waals surface area contributed by atoms with Crippen molar-refractivity contribution in [3.05, 3.63) is 51.7 Å². The van der Waals surface area contributed by atoms with Gasteiger partial charge in [-0.1, -0.05) is 25.0 Å². The maximum absolute atomic E-state index is 13.1. The number of hydrogen-bond acceptors (Lipinski definition) is 4. The molecule has 1 fully saturated rings. The largest absolute Gasteiger partial charge is 0.497 e. The fourth-order valence-electron chi connectivity index (χ4n) is 3.25. The van der Waals surface area contributed by atoms with Crippen LogP contribution in [0, 0.1) is 0 Å². The van der Waals surface area contributed by atoms with E-state index in [-0.39, 0.29) is 11.9 Å². The lowest BCUT2D eigenvalue weighted by Gasteiger charge is -2.30. The molecule has 132 valence electrons. The van der Waals surface area contributed by atoms with Gasteiger partial charge in [0.15, 0.2) is 0 Å². The fraction of sp³-hybridized carbons (Fsp3) is 0.368. The minimum absolute atomic E-state index is 0.0276. The highest BCUT2D eigenvalue weighted by Gasteiger charge is 2.28. The van der Waals surface area contributed by atoms with Crippen LogP contribution in [0.2, 0.25) is 0 Å². The molecule has 1 aliphatic rings. The maximum atomic E-state index is 13.1. The van der Waals surface area contributed by atoms with Gasteiger partial charge in [0.05, 0.1) is 22.9 Å². The molecule has 1 aromatic carbocycles. The Morgan fingerprint density at radius 2 is 1.80 bits per heavy atom. The van der Waals surface area contributed by atoms with Crippen LogP contribution in [0.4, 0.5) is 0 Å². The summed E-state index contributed by atoms with van der Waals surface area (Å²) in [7, 11) is 1.64. The zero-order valence-corrected chi connectivity index (χ0v) is 15.1. The monoisotopic (exact) mass is 358 g/mol. The lowest BCUT2D eigenvalue weighted by Crippen LogP contribution is -2.34. The molecule has 1 atom stereocenters. The van der Waals surface area contributed by atoms with E-state index in [4.69, 9.17) is 10.5 Å². The molecule has 0 radical (unpaired) electrons. The fourth-order valence-corrected chi connectivity index (χ4v) is 4.07. The summed E-state index contributed by atoms with van der Waals surface area (Å²) in [5, 5.41) is 0. The number of nitrogens with zero attached hydrogens (tertiary/aromatic N) is 1. The average Bonchev–Trinajstić information content (AvgIpc) is 3.00. The molecule has 0 aliphatic carbocycles. The van der Waals surface area contributed by atoms with Gasteiger partial charge in [-0.2, -0.15) is 0 Å². The second-order valence-corrected chi connectivity index (χ2v) is 7.25. The van der Waals surface area contributed by atoms with Crippen LogP contribution in [-0.4, -0.2) is 30.4 Å². The molecule has 2 amide bonds. The van der Waals surface area contributed by atoms with Gasteiger partial charge in [-0.3, -0.25) is 9.59 Å². The number of benzene rings is 1. The maximum Gasteiger partial charge on any atom is 0.264 e. The van der Waals surface area contributed by atoms with E-state index in [2.05, 4.69) is 0 Å². The van der Waals surface area contributed by atoms with Gasteiger partial charge in [-0.25, -0.2) is 0 Å². The minimum atomic E-state index is -0.494. The van der Waals surface area contributed by atoms with E-state index in [0.29, 0.717) is 9.75 Å². The van der Waals surface area contributed by atoms with Crippen LogP contribution in [0.3, 0.4) is 0 Å². The minimum Gasteiger partial charge on any atom is -0.497 e. The number of likely N-dealkylation sites (tertiary alicyclic amines) is 1. The summed E-state index contributed by atoms with van der Waals surface area (Å²) in [6, 6.07) is 11.3. The molecule has 0 spiro atoms. The number of ether oxygens (including phenoxy) is 1. The van der Waals surface area contributed by atoms with Crippen LogP contribution in [0.1, 0.15) is 56.6 Å². The van der Waals surface area contributed by atoms with Crippen LogP contribution in [-0.2, 0) is 0 Å². The molecule has 0 unspecified atom stereocenters. The van der Waals surface area contributed by atoms with Crippen LogP contribution in [0.25, 0.3) is 0 Å². The van der Waals surface area contributed by atoms with Crippen molar-refractivity contribution in [2.75, 3.05) is 13.7 Å². The van der Waals surface area contributed by atoms with E-state index in [1.165, 1.54) is 11.3 Å². The van der Waals surface area contributed by atoms with Crippen LogP contribution >= 0.6 is 11.3 Å². The van der Waals surface area contributed by atoms with E-state index in [1.807, 2.05) is 29.2 Å². The van der Waals surface area contributed by atoms with Crippen LogP contribution in [0.5, 0.6) is 5.75 Å². The molecule has 5 nitrogen and oxygen atoms in total. The lowest BCUT2D eigenvalue weighted by atomic mass is 10.0. The highest BCUT2D eigenvalue weighted by Crippen LogP contribution is 2.33. The molecule has 2 N–H and O–H groups in total. The van der Waals surface area contributed by atoms with E-state index >= 15 is 0 Å². The van der Waals surface area contributed by atoms with Crippen LogP contribution < -0.4 is 10.5 Å². The molecule has 1 aromatic heterocycles. The Hall–Kier alpha value is -2.34. The normalized spacial score (nSPS) is 17.8. The van der Waals surface area contributed by atoms with Gasteiger partial charge in [0.2, 0.25) is 0 Å².